The zero-order chi connectivity index (χ0) is 23.4. The maximum atomic E-state index is 11.8. The number of carbonyl (C=O) groups excluding carboxylic acids is 3. The molecule has 0 spiro atoms. The highest BCUT2D eigenvalue weighted by Crippen LogP contribution is 2.28. The summed E-state index contributed by atoms with van der Waals surface area (Å²) in [6.45, 7) is 6.19. The number of esters is 1. The third-order valence-corrected chi connectivity index (χ3v) is 6.05. The number of thioether (sulfide) groups is 1. The minimum atomic E-state index is -0.396. The van der Waals surface area contributed by atoms with Gasteiger partial charge in [0.2, 0.25) is 0 Å². The van der Waals surface area contributed by atoms with Crippen molar-refractivity contribution >= 4 is 29.6 Å². The standard InChI is InChI=1S/C22H39NO8S/c1-3-32-20-7-5-19(6-8-20)23-22(26)31-17-15-29-13-11-27-10-12-28-14-16-30-21(25)9-4-18(2)24/h19-20H,3-17H2,1-2H3,(H,23,26). The Labute approximate surface area is 195 Å². The second-order valence-corrected chi connectivity index (χ2v) is 9.05. The van der Waals surface area contributed by atoms with E-state index in [1.54, 1.807) is 0 Å². The summed E-state index contributed by atoms with van der Waals surface area (Å²) in [5.74, 6) is 0.715. The molecule has 1 rings (SSSR count). The minimum absolute atomic E-state index is 0.0354. The van der Waals surface area contributed by atoms with E-state index in [0.717, 1.165) is 36.7 Å². The molecule has 1 aliphatic carbocycles. The fourth-order valence-corrected chi connectivity index (χ4v) is 4.19. The number of ether oxygens (including phenoxy) is 5. The van der Waals surface area contributed by atoms with Crippen LogP contribution in [0.4, 0.5) is 4.79 Å². The number of alkyl carbamates (subject to hydrolysis) is 1. The maximum absolute atomic E-state index is 11.8. The smallest absolute Gasteiger partial charge is 0.407 e. The Morgan fingerprint density at radius 1 is 0.781 bits per heavy atom. The topological polar surface area (TPSA) is 109 Å². The van der Waals surface area contributed by atoms with Gasteiger partial charge in [0.05, 0.1) is 46.1 Å². The van der Waals surface area contributed by atoms with E-state index >= 15 is 0 Å². The van der Waals surface area contributed by atoms with Crippen LogP contribution in [0, 0.1) is 0 Å². The Balaban J connectivity index is 1.81. The van der Waals surface area contributed by atoms with E-state index in [0.29, 0.717) is 33.0 Å². The van der Waals surface area contributed by atoms with Crippen LogP contribution in [0.2, 0.25) is 0 Å². The Hall–Kier alpha value is -1.36. The molecule has 0 aliphatic heterocycles. The van der Waals surface area contributed by atoms with Crippen LogP contribution in [0.1, 0.15) is 52.4 Å². The molecule has 0 unspecified atom stereocenters. The van der Waals surface area contributed by atoms with Crippen LogP contribution in [0.5, 0.6) is 0 Å². The van der Waals surface area contributed by atoms with Crippen molar-refractivity contribution in [2.45, 2.75) is 63.7 Å². The molecule has 1 aliphatic rings. The van der Waals surface area contributed by atoms with Crippen LogP contribution in [0.3, 0.4) is 0 Å². The summed E-state index contributed by atoms with van der Waals surface area (Å²) in [4.78, 5) is 33.9. The van der Waals surface area contributed by atoms with E-state index in [9.17, 15) is 14.4 Å². The number of nitrogens with one attached hydrogen (secondary N) is 1. The molecule has 0 saturated heterocycles. The molecule has 0 aromatic carbocycles. The van der Waals surface area contributed by atoms with Crippen LogP contribution in [0.25, 0.3) is 0 Å². The molecule has 0 aromatic rings. The molecule has 1 amide bonds. The normalized spacial score (nSPS) is 18.2. The largest absolute Gasteiger partial charge is 0.463 e. The number of ketones is 1. The highest BCUT2D eigenvalue weighted by atomic mass is 32.2. The average Bonchev–Trinajstić information content (AvgIpc) is 2.77. The average molecular weight is 478 g/mol. The lowest BCUT2D eigenvalue weighted by Gasteiger charge is -2.28. The molecule has 1 N–H and O–H groups in total. The molecular formula is C22H39NO8S. The van der Waals surface area contributed by atoms with E-state index in [1.807, 2.05) is 11.8 Å². The van der Waals surface area contributed by atoms with Crippen LogP contribution >= 0.6 is 11.8 Å². The van der Waals surface area contributed by atoms with Crippen LogP contribution in [-0.2, 0) is 33.3 Å². The minimum Gasteiger partial charge on any atom is -0.463 e. The highest BCUT2D eigenvalue weighted by Gasteiger charge is 2.22. The lowest BCUT2D eigenvalue weighted by Crippen LogP contribution is -2.38. The number of carbonyl (C=O) groups is 3. The molecule has 1 fully saturated rings. The van der Waals surface area contributed by atoms with Gasteiger partial charge in [0, 0.05) is 17.7 Å². The maximum Gasteiger partial charge on any atom is 0.407 e. The van der Waals surface area contributed by atoms with Crippen molar-refractivity contribution in [1.29, 1.82) is 0 Å². The molecule has 0 heterocycles. The van der Waals surface area contributed by atoms with Crippen molar-refractivity contribution in [2.75, 3.05) is 58.6 Å². The van der Waals surface area contributed by atoms with Crippen LogP contribution < -0.4 is 5.32 Å². The van der Waals surface area contributed by atoms with E-state index in [-0.39, 0.29) is 50.6 Å². The first kappa shape index (κ1) is 28.7. The molecule has 0 radical (unpaired) electrons. The number of amides is 1. The zero-order valence-electron chi connectivity index (χ0n) is 19.4. The van der Waals surface area contributed by atoms with Gasteiger partial charge in [-0.05, 0) is 38.4 Å². The van der Waals surface area contributed by atoms with Crippen LogP contribution in [0.15, 0.2) is 0 Å². The first-order valence-corrected chi connectivity index (χ1v) is 12.5. The summed E-state index contributed by atoms with van der Waals surface area (Å²) < 4.78 is 26.1. The number of hydrogen-bond acceptors (Lipinski definition) is 9. The second kappa shape index (κ2) is 19.1. The molecule has 10 heteroatoms. The summed E-state index contributed by atoms with van der Waals surface area (Å²) in [7, 11) is 0. The number of hydrogen-bond donors (Lipinski definition) is 1. The first-order valence-electron chi connectivity index (χ1n) is 11.4. The fraction of sp³-hybridized carbons (Fsp3) is 0.864. The van der Waals surface area contributed by atoms with Crippen molar-refractivity contribution in [3.8, 4) is 0 Å². The van der Waals surface area contributed by atoms with Gasteiger partial charge in [-0.2, -0.15) is 11.8 Å². The zero-order valence-corrected chi connectivity index (χ0v) is 20.3. The van der Waals surface area contributed by atoms with Gasteiger partial charge in [0.1, 0.15) is 19.0 Å². The number of rotatable bonds is 18. The summed E-state index contributed by atoms with van der Waals surface area (Å²) in [6, 6.07) is 0.214. The predicted molar refractivity (Wildman–Crippen MR) is 122 cm³/mol. The van der Waals surface area contributed by atoms with E-state index in [1.165, 1.54) is 6.92 Å². The summed E-state index contributed by atoms with van der Waals surface area (Å²) in [5, 5.41) is 3.66. The van der Waals surface area contributed by atoms with Gasteiger partial charge < -0.3 is 33.8 Å². The van der Waals surface area contributed by atoms with Gasteiger partial charge in [-0.3, -0.25) is 4.79 Å². The van der Waals surface area contributed by atoms with Crippen LogP contribution in [-0.4, -0.2) is 87.7 Å². The van der Waals surface area contributed by atoms with Gasteiger partial charge in [0.25, 0.3) is 0 Å². The number of Topliss-reactive ketones (excluding diaryl/α,β-unsaturated/α-hetero) is 1. The monoisotopic (exact) mass is 477 g/mol. The van der Waals surface area contributed by atoms with Crippen molar-refractivity contribution in [3.05, 3.63) is 0 Å². The van der Waals surface area contributed by atoms with Crippen molar-refractivity contribution in [3.63, 3.8) is 0 Å². The Morgan fingerprint density at radius 2 is 1.31 bits per heavy atom. The molecular weight excluding hydrogens is 438 g/mol. The van der Waals surface area contributed by atoms with E-state index in [4.69, 9.17) is 23.7 Å². The van der Waals surface area contributed by atoms with Gasteiger partial charge in [-0.15, -0.1) is 0 Å². The fourth-order valence-electron chi connectivity index (χ4n) is 3.12. The van der Waals surface area contributed by atoms with Crippen molar-refractivity contribution < 1.29 is 38.1 Å². The Bertz CT molecular complexity index is 526. The molecule has 0 atom stereocenters. The van der Waals surface area contributed by atoms with E-state index < -0.39 is 5.97 Å². The molecule has 1 saturated carbocycles. The Morgan fingerprint density at radius 3 is 1.84 bits per heavy atom. The predicted octanol–water partition coefficient (Wildman–Crippen LogP) is 2.74. The lowest BCUT2D eigenvalue weighted by molar-refractivity contribution is -0.146. The van der Waals surface area contributed by atoms with Gasteiger partial charge in [-0.1, -0.05) is 6.92 Å². The third-order valence-electron chi connectivity index (χ3n) is 4.78. The molecule has 0 bridgehead atoms. The summed E-state index contributed by atoms with van der Waals surface area (Å²) >= 11 is 2.00. The molecule has 186 valence electrons. The third kappa shape index (κ3) is 16.3. The highest BCUT2D eigenvalue weighted by molar-refractivity contribution is 7.99. The summed E-state index contributed by atoms with van der Waals surface area (Å²) in [5.41, 5.74) is 0. The van der Waals surface area contributed by atoms with Crippen molar-refractivity contribution in [2.24, 2.45) is 0 Å². The van der Waals surface area contributed by atoms with Crippen molar-refractivity contribution in [1.82, 2.24) is 5.32 Å². The SMILES string of the molecule is CCSC1CCC(NC(=O)OCCOCCOCCOCCOC(=O)CCC(C)=O)CC1. The molecule has 0 aromatic heterocycles. The van der Waals surface area contributed by atoms with E-state index in [2.05, 4.69) is 12.2 Å². The quantitative estimate of drug-likeness (QED) is 0.235. The molecule has 32 heavy (non-hydrogen) atoms. The first-order chi connectivity index (χ1) is 15.5. The lowest BCUT2D eigenvalue weighted by atomic mass is 9.95. The van der Waals surface area contributed by atoms with Gasteiger partial charge in [0.15, 0.2) is 0 Å². The molecule has 9 nitrogen and oxygen atoms in total. The second-order valence-electron chi connectivity index (χ2n) is 7.47. The Kier molecular flexibility index (Phi) is 17.2. The summed E-state index contributed by atoms with van der Waals surface area (Å²) in [6.07, 6.45) is 4.24. The van der Waals surface area contributed by atoms with Gasteiger partial charge >= 0.3 is 12.1 Å². The van der Waals surface area contributed by atoms with Gasteiger partial charge in [-0.25, -0.2) is 4.79 Å².